The Bertz CT molecular complexity index is 1880. The second kappa shape index (κ2) is 36.4. The van der Waals surface area contributed by atoms with Crippen LogP contribution in [-0.4, -0.2) is 39.6 Å². The highest BCUT2D eigenvalue weighted by molar-refractivity contribution is 6.26. The fourth-order valence-corrected chi connectivity index (χ4v) is 9.37. The average molecular weight is 956 g/mol. The minimum Gasteiger partial charge on any atom is -0.490 e. The van der Waals surface area contributed by atoms with Gasteiger partial charge in [0.15, 0.2) is 34.5 Å². The molecule has 6 nitrogen and oxygen atoms in total. The van der Waals surface area contributed by atoms with E-state index in [-0.39, 0.29) is 0 Å². The van der Waals surface area contributed by atoms with Gasteiger partial charge in [0.25, 0.3) is 0 Å². The summed E-state index contributed by atoms with van der Waals surface area (Å²) >= 11 is 0. The van der Waals surface area contributed by atoms with Crippen molar-refractivity contribution in [1.29, 1.82) is 0 Å². The lowest BCUT2D eigenvalue weighted by atomic mass is 9.93. The topological polar surface area (TPSA) is 55.4 Å². The van der Waals surface area contributed by atoms with Gasteiger partial charge < -0.3 is 28.4 Å². The maximum atomic E-state index is 6.78. The van der Waals surface area contributed by atoms with Crippen LogP contribution in [0.5, 0.6) is 34.5 Å². The Balaban J connectivity index is 1.89. The number of ether oxygens (including phenoxy) is 6. The van der Waals surface area contributed by atoms with E-state index in [0.717, 1.165) is 105 Å². The van der Waals surface area contributed by atoms with Crippen LogP contribution in [0.15, 0.2) is 36.4 Å². The molecule has 4 aromatic carbocycles. The molecule has 0 bridgehead atoms. The van der Waals surface area contributed by atoms with Gasteiger partial charge in [0.05, 0.1) is 39.6 Å². The van der Waals surface area contributed by atoms with Gasteiger partial charge in [-0.25, -0.2) is 0 Å². The van der Waals surface area contributed by atoms with Crippen molar-refractivity contribution >= 4 is 32.3 Å². The molecule has 4 rings (SSSR count). The molecule has 6 heteroatoms. The van der Waals surface area contributed by atoms with Crippen molar-refractivity contribution in [3.63, 3.8) is 0 Å². The van der Waals surface area contributed by atoms with Crippen LogP contribution in [0.1, 0.15) is 248 Å². The van der Waals surface area contributed by atoms with E-state index in [0.29, 0.717) is 45.6 Å². The van der Waals surface area contributed by atoms with Crippen LogP contribution in [0.25, 0.3) is 32.3 Å². The normalized spacial score (nSPS) is 12.0. The van der Waals surface area contributed by atoms with Gasteiger partial charge in [-0.1, -0.05) is 215 Å². The lowest BCUT2D eigenvalue weighted by molar-refractivity contribution is 0.232. The van der Waals surface area contributed by atoms with E-state index in [4.69, 9.17) is 28.4 Å². The van der Waals surface area contributed by atoms with Crippen molar-refractivity contribution in [2.75, 3.05) is 39.6 Å². The first kappa shape index (κ1) is 58.0. The maximum Gasteiger partial charge on any atom is 0.161 e. The third-order valence-electron chi connectivity index (χ3n) is 14.1. The predicted octanol–water partition coefficient (Wildman–Crippen LogP) is 20.3. The van der Waals surface area contributed by atoms with E-state index < -0.39 is 0 Å². The van der Waals surface area contributed by atoms with Crippen LogP contribution in [0.2, 0.25) is 0 Å². The van der Waals surface area contributed by atoms with Crippen LogP contribution >= 0.6 is 0 Å². The Labute approximate surface area is 423 Å². The van der Waals surface area contributed by atoms with Crippen molar-refractivity contribution in [3.8, 4) is 34.5 Å². The van der Waals surface area contributed by atoms with Gasteiger partial charge in [0.2, 0.25) is 0 Å². The first-order valence-corrected chi connectivity index (χ1v) is 29.3. The first-order valence-electron chi connectivity index (χ1n) is 29.3. The summed E-state index contributed by atoms with van der Waals surface area (Å²) < 4.78 is 40.6. The fraction of sp³-hybridized carbons (Fsp3) is 0.714. The van der Waals surface area contributed by atoms with E-state index in [1.54, 1.807) is 0 Å². The largest absolute Gasteiger partial charge is 0.490 e. The summed E-state index contributed by atoms with van der Waals surface area (Å²) in [6.07, 6.45) is 37.6. The Morgan fingerprint density at radius 3 is 0.652 bits per heavy atom. The van der Waals surface area contributed by atoms with Crippen molar-refractivity contribution in [2.45, 2.75) is 248 Å². The van der Waals surface area contributed by atoms with Crippen LogP contribution < -0.4 is 28.4 Å². The molecule has 0 unspecified atom stereocenters. The van der Waals surface area contributed by atoms with Gasteiger partial charge in [-0.2, -0.15) is 0 Å². The molecule has 0 heterocycles. The lowest BCUT2D eigenvalue weighted by Crippen LogP contribution is -2.09. The minimum absolute atomic E-state index is 0.426. The van der Waals surface area contributed by atoms with Gasteiger partial charge >= 0.3 is 0 Å². The summed E-state index contributed by atoms with van der Waals surface area (Å²) in [6.45, 7) is 19.9. The third kappa shape index (κ3) is 21.4. The predicted molar refractivity (Wildman–Crippen MR) is 298 cm³/mol. The van der Waals surface area contributed by atoms with E-state index >= 15 is 0 Å². The van der Waals surface area contributed by atoms with E-state index in [9.17, 15) is 0 Å². The van der Waals surface area contributed by atoms with Gasteiger partial charge in [-0.15, -0.1) is 0 Å². The van der Waals surface area contributed by atoms with Crippen LogP contribution in [0, 0.1) is 5.92 Å². The zero-order valence-electron chi connectivity index (χ0n) is 45.7. The highest BCUT2D eigenvalue weighted by atomic mass is 16.5. The number of rotatable bonds is 44. The van der Waals surface area contributed by atoms with E-state index in [1.807, 2.05) is 0 Å². The van der Waals surface area contributed by atoms with Crippen molar-refractivity contribution in [3.05, 3.63) is 36.4 Å². The Kier molecular flexibility index (Phi) is 30.6. The molecule has 0 saturated carbocycles. The van der Waals surface area contributed by atoms with Crippen LogP contribution in [-0.2, 0) is 0 Å². The molecule has 0 aliphatic rings. The highest BCUT2D eigenvalue weighted by Crippen LogP contribution is 2.47. The Morgan fingerprint density at radius 2 is 0.449 bits per heavy atom. The van der Waals surface area contributed by atoms with Gasteiger partial charge in [0.1, 0.15) is 0 Å². The molecule has 0 radical (unpaired) electrons. The van der Waals surface area contributed by atoms with Gasteiger partial charge in [-0.3, -0.25) is 0 Å². The number of fused-ring (bicyclic) bond motifs is 6. The standard InChI is InChI=1S/C63H102O6/c1-8-14-19-24-29-34-39-64-58-44-52-53-45-59(65-40-35-30-25-20-15-9-2)61(67-42-37-32-27-22-17-11-4)47-55(53)57-49-63(69-50-51(7)13-6)62(68-43-38-33-28-23-18-12-5)48-56(57)54(52)46-60(58)66-41-36-31-26-21-16-10-3/h44-49,51H,8-43,50H2,1-7H3/t51-/m0/s1. The average Bonchev–Trinajstić information content (AvgIpc) is 3.36. The highest BCUT2D eigenvalue weighted by Gasteiger charge is 2.21. The number of hydrogen-bond donors (Lipinski definition) is 0. The smallest absolute Gasteiger partial charge is 0.161 e. The zero-order chi connectivity index (χ0) is 49.2. The summed E-state index contributed by atoms with van der Waals surface area (Å²) in [6, 6.07) is 13.6. The minimum atomic E-state index is 0.426. The second-order valence-corrected chi connectivity index (χ2v) is 20.4. The quantitative estimate of drug-likeness (QED) is 0.0325. The van der Waals surface area contributed by atoms with E-state index in [1.165, 1.54) is 161 Å². The molecule has 0 N–H and O–H groups in total. The molecule has 69 heavy (non-hydrogen) atoms. The molecule has 0 aromatic heterocycles. The molecular weight excluding hydrogens is 853 g/mol. The Hall–Kier alpha value is -3.54. The number of unbranched alkanes of at least 4 members (excludes halogenated alkanes) is 25. The molecule has 1 atom stereocenters. The second-order valence-electron chi connectivity index (χ2n) is 20.4. The maximum absolute atomic E-state index is 6.78. The number of hydrogen-bond acceptors (Lipinski definition) is 6. The SMILES string of the molecule is CCCCCCCCOc1cc2c3cc(OCCCCCCCC)c(OCCCCCCCC)cc3c3cc(OC[C@@H](C)CC)c(OCCCCCCCC)cc3c2cc1OCCCCCCCC. The Morgan fingerprint density at radius 1 is 0.261 bits per heavy atom. The third-order valence-corrected chi connectivity index (χ3v) is 14.1. The molecule has 0 aliphatic carbocycles. The summed E-state index contributed by atoms with van der Waals surface area (Å²) in [5.41, 5.74) is 0. The summed E-state index contributed by atoms with van der Waals surface area (Å²) in [5, 5.41) is 6.76. The zero-order valence-corrected chi connectivity index (χ0v) is 45.7. The van der Waals surface area contributed by atoms with Gasteiger partial charge in [0, 0.05) is 0 Å². The monoisotopic (exact) mass is 955 g/mol. The van der Waals surface area contributed by atoms with E-state index in [2.05, 4.69) is 84.9 Å². The first-order chi connectivity index (χ1) is 34.0. The van der Waals surface area contributed by atoms with Crippen LogP contribution in [0.4, 0.5) is 0 Å². The number of benzene rings is 4. The lowest BCUT2D eigenvalue weighted by Gasteiger charge is -2.21. The summed E-state index contributed by atoms with van der Waals surface area (Å²) in [5.74, 6) is 5.36. The van der Waals surface area contributed by atoms with Crippen molar-refractivity contribution < 1.29 is 28.4 Å². The molecule has 0 spiro atoms. The molecule has 0 amide bonds. The molecule has 4 aromatic rings. The molecular formula is C63H102O6. The van der Waals surface area contributed by atoms with Crippen molar-refractivity contribution in [2.24, 2.45) is 5.92 Å². The molecule has 0 aliphatic heterocycles. The molecule has 0 fully saturated rings. The summed E-state index contributed by atoms with van der Waals surface area (Å²) in [7, 11) is 0. The van der Waals surface area contributed by atoms with Crippen molar-refractivity contribution in [1.82, 2.24) is 0 Å². The fourth-order valence-electron chi connectivity index (χ4n) is 9.37. The molecule has 0 saturated heterocycles. The summed E-state index contributed by atoms with van der Waals surface area (Å²) in [4.78, 5) is 0. The molecule has 390 valence electrons. The van der Waals surface area contributed by atoms with Gasteiger partial charge in [-0.05, 0) is 107 Å². The van der Waals surface area contributed by atoms with Crippen LogP contribution in [0.3, 0.4) is 0 Å².